The van der Waals surface area contributed by atoms with Gasteiger partial charge in [0, 0.05) is 16.3 Å². The molecule has 1 N–H and O–H groups in total. The molecule has 0 spiro atoms. The van der Waals surface area contributed by atoms with E-state index in [1.54, 1.807) is 7.11 Å². The zero-order valence-corrected chi connectivity index (χ0v) is 16.4. The van der Waals surface area contributed by atoms with Gasteiger partial charge in [-0.25, -0.2) is 0 Å². The van der Waals surface area contributed by atoms with Crippen LogP contribution in [0.15, 0.2) is 89.8 Å². The van der Waals surface area contributed by atoms with Gasteiger partial charge in [-0.2, -0.15) is 0 Å². The van der Waals surface area contributed by atoms with Crippen molar-refractivity contribution < 1.29 is 4.74 Å². The molecule has 2 nitrogen and oxygen atoms in total. The number of benzene rings is 3. The lowest BCUT2D eigenvalue weighted by molar-refractivity contribution is 0.414. The molecule has 27 heavy (non-hydrogen) atoms. The topological polar surface area (TPSA) is 21.3 Å². The van der Waals surface area contributed by atoms with Gasteiger partial charge in [-0.3, -0.25) is 0 Å². The first-order valence-electron chi connectivity index (χ1n) is 9.46. The number of thioether (sulfide) groups is 1. The van der Waals surface area contributed by atoms with E-state index >= 15 is 0 Å². The van der Waals surface area contributed by atoms with Crippen molar-refractivity contribution in [1.82, 2.24) is 0 Å². The molecule has 4 rings (SSSR count). The summed E-state index contributed by atoms with van der Waals surface area (Å²) in [4.78, 5) is 1.31. The van der Waals surface area contributed by atoms with Crippen LogP contribution in [0.2, 0.25) is 0 Å². The smallest absolute Gasteiger partial charge is 0.119 e. The maximum atomic E-state index is 5.32. The number of rotatable bonds is 8. The van der Waals surface area contributed by atoms with E-state index in [4.69, 9.17) is 4.74 Å². The Labute approximate surface area is 166 Å². The highest BCUT2D eigenvalue weighted by Crippen LogP contribution is 2.50. The SMILES string of the molecule is COc1ccc(NC(CSc2ccccc2)(c2ccccc2)C2CC2)cc1. The summed E-state index contributed by atoms with van der Waals surface area (Å²) in [5, 5.41) is 3.92. The molecule has 0 aliphatic heterocycles. The van der Waals surface area contributed by atoms with Crippen LogP contribution < -0.4 is 10.1 Å². The minimum Gasteiger partial charge on any atom is -0.497 e. The Bertz CT molecular complexity index is 847. The van der Waals surface area contributed by atoms with Gasteiger partial charge in [-0.05, 0) is 60.7 Å². The van der Waals surface area contributed by atoms with Gasteiger partial charge in [0.2, 0.25) is 0 Å². The Morgan fingerprint density at radius 1 is 0.889 bits per heavy atom. The highest BCUT2D eigenvalue weighted by atomic mass is 32.2. The van der Waals surface area contributed by atoms with E-state index in [2.05, 4.69) is 78.1 Å². The van der Waals surface area contributed by atoms with Crippen LogP contribution in [0.5, 0.6) is 5.75 Å². The van der Waals surface area contributed by atoms with Crippen molar-refractivity contribution in [2.75, 3.05) is 18.2 Å². The van der Waals surface area contributed by atoms with E-state index in [0.717, 1.165) is 17.2 Å². The monoisotopic (exact) mass is 375 g/mol. The normalized spacial score (nSPS) is 15.7. The average Bonchev–Trinajstić information content (AvgIpc) is 3.59. The third-order valence-corrected chi connectivity index (χ3v) is 6.44. The fourth-order valence-electron chi connectivity index (χ4n) is 3.60. The van der Waals surface area contributed by atoms with Crippen molar-refractivity contribution in [2.45, 2.75) is 23.3 Å². The first-order valence-corrected chi connectivity index (χ1v) is 10.4. The summed E-state index contributed by atoms with van der Waals surface area (Å²) in [7, 11) is 1.71. The Morgan fingerprint density at radius 3 is 2.11 bits per heavy atom. The van der Waals surface area contributed by atoms with E-state index in [1.807, 2.05) is 23.9 Å². The maximum absolute atomic E-state index is 5.32. The van der Waals surface area contributed by atoms with Gasteiger partial charge >= 0.3 is 0 Å². The van der Waals surface area contributed by atoms with Gasteiger partial charge in [0.25, 0.3) is 0 Å². The standard InChI is InChI=1S/C24H25NOS/c1-26-22-16-14-21(15-17-22)25-24(20-12-13-20,19-8-4-2-5-9-19)18-27-23-10-6-3-7-11-23/h2-11,14-17,20,25H,12-13,18H2,1H3. The third kappa shape index (κ3) is 4.14. The van der Waals surface area contributed by atoms with Gasteiger partial charge in [0.1, 0.15) is 5.75 Å². The van der Waals surface area contributed by atoms with Crippen molar-refractivity contribution in [3.63, 3.8) is 0 Å². The van der Waals surface area contributed by atoms with Crippen LogP contribution in [0.25, 0.3) is 0 Å². The van der Waals surface area contributed by atoms with Gasteiger partial charge in [-0.15, -0.1) is 11.8 Å². The largest absolute Gasteiger partial charge is 0.497 e. The Hall–Kier alpha value is -2.39. The molecule has 1 saturated carbocycles. The van der Waals surface area contributed by atoms with Crippen LogP contribution in [0.1, 0.15) is 18.4 Å². The van der Waals surface area contributed by atoms with Crippen LogP contribution in [-0.2, 0) is 5.54 Å². The van der Waals surface area contributed by atoms with Crippen molar-refractivity contribution in [3.05, 3.63) is 90.5 Å². The summed E-state index contributed by atoms with van der Waals surface area (Å²) in [5.74, 6) is 2.53. The molecule has 0 saturated heterocycles. The molecule has 1 unspecified atom stereocenters. The highest BCUT2D eigenvalue weighted by Gasteiger charge is 2.46. The summed E-state index contributed by atoms with van der Waals surface area (Å²) in [6.07, 6.45) is 2.54. The molecule has 3 aromatic rings. The number of nitrogens with one attached hydrogen (secondary N) is 1. The summed E-state index contributed by atoms with van der Waals surface area (Å²) >= 11 is 1.93. The number of hydrogen-bond donors (Lipinski definition) is 1. The van der Waals surface area contributed by atoms with Gasteiger partial charge < -0.3 is 10.1 Å². The summed E-state index contributed by atoms with van der Waals surface area (Å²) < 4.78 is 5.32. The second kappa shape index (κ2) is 8.10. The molecule has 1 atom stereocenters. The number of anilines is 1. The van der Waals surface area contributed by atoms with E-state index in [-0.39, 0.29) is 5.54 Å². The molecule has 138 valence electrons. The first kappa shape index (κ1) is 18.0. The van der Waals surface area contributed by atoms with Crippen LogP contribution in [-0.4, -0.2) is 12.9 Å². The van der Waals surface area contributed by atoms with E-state index in [0.29, 0.717) is 5.92 Å². The van der Waals surface area contributed by atoms with E-state index < -0.39 is 0 Å². The maximum Gasteiger partial charge on any atom is 0.119 e. The Morgan fingerprint density at radius 2 is 1.52 bits per heavy atom. The zero-order chi connectivity index (χ0) is 18.5. The number of methoxy groups -OCH3 is 1. The fraction of sp³-hybridized carbons (Fsp3) is 0.250. The number of ether oxygens (including phenoxy) is 1. The Kier molecular flexibility index (Phi) is 5.40. The second-order valence-corrected chi connectivity index (χ2v) is 8.12. The molecule has 1 aliphatic carbocycles. The minimum absolute atomic E-state index is 0.0731. The molecular formula is C24H25NOS. The molecule has 0 radical (unpaired) electrons. The van der Waals surface area contributed by atoms with Crippen molar-refractivity contribution in [3.8, 4) is 5.75 Å². The summed E-state index contributed by atoms with van der Waals surface area (Å²) in [6, 6.07) is 29.9. The molecule has 0 heterocycles. The highest BCUT2D eigenvalue weighted by molar-refractivity contribution is 7.99. The molecule has 1 fully saturated rings. The molecule has 3 aromatic carbocycles. The van der Waals surface area contributed by atoms with Crippen LogP contribution in [0.3, 0.4) is 0 Å². The van der Waals surface area contributed by atoms with Crippen molar-refractivity contribution >= 4 is 17.4 Å². The quantitative estimate of drug-likeness (QED) is 0.473. The average molecular weight is 376 g/mol. The molecular weight excluding hydrogens is 350 g/mol. The summed E-state index contributed by atoms with van der Waals surface area (Å²) in [6.45, 7) is 0. The predicted molar refractivity (Wildman–Crippen MR) is 115 cm³/mol. The van der Waals surface area contributed by atoms with Crippen LogP contribution in [0, 0.1) is 5.92 Å². The molecule has 3 heteroatoms. The predicted octanol–water partition coefficient (Wildman–Crippen LogP) is 6.20. The van der Waals surface area contributed by atoms with Gasteiger partial charge in [0.05, 0.1) is 12.6 Å². The molecule has 0 bridgehead atoms. The Balaban J connectivity index is 1.66. The minimum atomic E-state index is -0.0731. The lowest BCUT2D eigenvalue weighted by Crippen LogP contribution is -2.40. The van der Waals surface area contributed by atoms with E-state index in [1.165, 1.54) is 23.3 Å². The zero-order valence-electron chi connectivity index (χ0n) is 15.6. The lowest BCUT2D eigenvalue weighted by Gasteiger charge is -2.37. The lowest BCUT2D eigenvalue weighted by atomic mass is 9.86. The van der Waals surface area contributed by atoms with Crippen molar-refractivity contribution in [1.29, 1.82) is 0 Å². The van der Waals surface area contributed by atoms with E-state index in [9.17, 15) is 0 Å². The van der Waals surface area contributed by atoms with Gasteiger partial charge in [-0.1, -0.05) is 48.5 Å². The summed E-state index contributed by atoms with van der Waals surface area (Å²) in [5.41, 5.74) is 2.43. The molecule has 0 amide bonds. The molecule has 1 aliphatic rings. The molecule has 0 aromatic heterocycles. The fourth-order valence-corrected chi connectivity index (χ4v) is 4.82. The van der Waals surface area contributed by atoms with Crippen LogP contribution >= 0.6 is 11.8 Å². The third-order valence-electron chi connectivity index (χ3n) is 5.23. The number of hydrogen-bond acceptors (Lipinski definition) is 3. The van der Waals surface area contributed by atoms with Gasteiger partial charge in [0.15, 0.2) is 0 Å². The first-order chi connectivity index (χ1) is 13.3. The van der Waals surface area contributed by atoms with Crippen LogP contribution in [0.4, 0.5) is 5.69 Å². The van der Waals surface area contributed by atoms with Crippen molar-refractivity contribution in [2.24, 2.45) is 5.92 Å². The second-order valence-electron chi connectivity index (χ2n) is 7.07.